The molecule has 68 valence electrons. The number of aliphatic imine (C=N–C) groups is 1. The predicted molar refractivity (Wildman–Crippen MR) is 50.5 cm³/mol. The van der Waals surface area contributed by atoms with Crippen molar-refractivity contribution in [1.82, 2.24) is 10.2 Å². The second kappa shape index (κ2) is 3.44. The Labute approximate surface area is 73.9 Å². The second-order valence-electron chi connectivity index (χ2n) is 3.69. The largest absolute Gasteiger partial charge is 0.361 e. The molecule has 2 aliphatic heterocycles. The van der Waals surface area contributed by atoms with E-state index < -0.39 is 0 Å². The fourth-order valence-electron chi connectivity index (χ4n) is 2.07. The third-order valence-electron chi connectivity index (χ3n) is 2.80. The molecule has 0 saturated carbocycles. The molecule has 0 aliphatic carbocycles. The van der Waals surface area contributed by atoms with Gasteiger partial charge in [0, 0.05) is 19.5 Å². The SMILES string of the molecule is CN1CCN=C1C1CCNCC1. The summed E-state index contributed by atoms with van der Waals surface area (Å²) in [7, 11) is 2.16. The van der Waals surface area contributed by atoms with E-state index in [1.54, 1.807) is 0 Å². The minimum Gasteiger partial charge on any atom is -0.361 e. The van der Waals surface area contributed by atoms with Gasteiger partial charge >= 0.3 is 0 Å². The molecule has 0 amide bonds. The summed E-state index contributed by atoms with van der Waals surface area (Å²) in [5, 5.41) is 3.38. The highest BCUT2D eigenvalue weighted by atomic mass is 15.2. The van der Waals surface area contributed by atoms with Crippen LogP contribution in [0.5, 0.6) is 0 Å². The van der Waals surface area contributed by atoms with Crippen molar-refractivity contribution < 1.29 is 0 Å². The molecule has 2 aliphatic rings. The van der Waals surface area contributed by atoms with E-state index in [1.807, 2.05) is 0 Å². The van der Waals surface area contributed by atoms with Gasteiger partial charge in [0.05, 0.1) is 6.54 Å². The Morgan fingerprint density at radius 1 is 1.42 bits per heavy atom. The summed E-state index contributed by atoms with van der Waals surface area (Å²) in [5.41, 5.74) is 0. The topological polar surface area (TPSA) is 27.6 Å². The van der Waals surface area contributed by atoms with Crippen LogP contribution >= 0.6 is 0 Å². The predicted octanol–water partition coefficient (Wildman–Crippen LogP) is 0.330. The fourth-order valence-corrected chi connectivity index (χ4v) is 2.07. The highest BCUT2D eigenvalue weighted by Crippen LogP contribution is 2.17. The molecule has 0 unspecified atom stereocenters. The van der Waals surface area contributed by atoms with Crippen molar-refractivity contribution in [2.75, 3.05) is 33.2 Å². The molecule has 3 heteroatoms. The van der Waals surface area contributed by atoms with Gasteiger partial charge in [-0.25, -0.2) is 0 Å². The Morgan fingerprint density at radius 3 is 2.75 bits per heavy atom. The number of piperidine rings is 1. The fraction of sp³-hybridized carbons (Fsp3) is 0.889. The van der Waals surface area contributed by atoms with Crippen LogP contribution in [0.1, 0.15) is 12.8 Å². The third-order valence-corrected chi connectivity index (χ3v) is 2.80. The van der Waals surface area contributed by atoms with Crippen molar-refractivity contribution in [3.8, 4) is 0 Å². The van der Waals surface area contributed by atoms with Gasteiger partial charge in [-0.15, -0.1) is 0 Å². The minimum absolute atomic E-state index is 0.735. The van der Waals surface area contributed by atoms with Crippen LogP contribution in [0.2, 0.25) is 0 Å². The van der Waals surface area contributed by atoms with Crippen LogP contribution in [0.4, 0.5) is 0 Å². The smallest absolute Gasteiger partial charge is 0.102 e. The zero-order valence-electron chi connectivity index (χ0n) is 7.71. The number of likely N-dealkylation sites (N-methyl/N-ethyl adjacent to an activating group) is 1. The molecule has 0 bridgehead atoms. The van der Waals surface area contributed by atoms with Crippen LogP contribution < -0.4 is 5.32 Å². The molecule has 1 N–H and O–H groups in total. The molecule has 12 heavy (non-hydrogen) atoms. The summed E-state index contributed by atoms with van der Waals surface area (Å²) in [4.78, 5) is 6.87. The standard InChI is InChI=1S/C9H17N3/c1-12-7-6-11-9(12)8-2-4-10-5-3-8/h8,10H,2-7H2,1H3. The molecule has 0 radical (unpaired) electrons. The van der Waals surface area contributed by atoms with Crippen LogP contribution in [0, 0.1) is 5.92 Å². The number of hydrogen-bond donors (Lipinski definition) is 1. The van der Waals surface area contributed by atoms with Crippen LogP contribution in [-0.2, 0) is 0 Å². The molecule has 3 nitrogen and oxygen atoms in total. The van der Waals surface area contributed by atoms with E-state index in [4.69, 9.17) is 0 Å². The van der Waals surface area contributed by atoms with Crippen molar-refractivity contribution in [1.29, 1.82) is 0 Å². The first-order valence-corrected chi connectivity index (χ1v) is 4.84. The zero-order valence-corrected chi connectivity index (χ0v) is 7.71. The maximum atomic E-state index is 4.56. The van der Waals surface area contributed by atoms with Gasteiger partial charge in [-0.1, -0.05) is 0 Å². The molecular formula is C9H17N3. The number of rotatable bonds is 1. The summed E-state index contributed by atoms with van der Waals surface area (Å²) in [6.45, 7) is 4.46. The molecule has 1 fully saturated rings. The van der Waals surface area contributed by atoms with E-state index in [2.05, 4.69) is 22.3 Å². The zero-order chi connectivity index (χ0) is 8.39. The number of hydrogen-bond acceptors (Lipinski definition) is 3. The van der Waals surface area contributed by atoms with Crippen molar-refractivity contribution in [2.24, 2.45) is 10.9 Å². The van der Waals surface area contributed by atoms with E-state index in [0.717, 1.165) is 32.1 Å². The Morgan fingerprint density at radius 2 is 2.17 bits per heavy atom. The Kier molecular flexibility index (Phi) is 2.30. The first-order valence-electron chi connectivity index (χ1n) is 4.84. The first-order chi connectivity index (χ1) is 5.88. The van der Waals surface area contributed by atoms with E-state index >= 15 is 0 Å². The first kappa shape index (κ1) is 8.05. The molecule has 0 aromatic heterocycles. The summed E-state index contributed by atoms with van der Waals surface area (Å²) in [6.07, 6.45) is 2.53. The van der Waals surface area contributed by atoms with Gasteiger partial charge in [-0.2, -0.15) is 0 Å². The molecule has 0 spiro atoms. The van der Waals surface area contributed by atoms with Gasteiger partial charge in [-0.05, 0) is 25.9 Å². The normalized spacial score (nSPS) is 26.1. The van der Waals surface area contributed by atoms with Gasteiger partial charge in [0.2, 0.25) is 0 Å². The molecule has 2 heterocycles. The second-order valence-corrected chi connectivity index (χ2v) is 3.69. The van der Waals surface area contributed by atoms with Crippen LogP contribution in [0.3, 0.4) is 0 Å². The van der Waals surface area contributed by atoms with E-state index in [9.17, 15) is 0 Å². The monoisotopic (exact) mass is 167 g/mol. The minimum atomic E-state index is 0.735. The van der Waals surface area contributed by atoms with Crippen molar-refractivity contribution in [3.05, 3.63) is 0 Å². The molecule has 0 atom stereocenters. The lowest BCUT2D eigenvalue weighted by atomic mass is 9.96. The number of nitrogens with zero attached hydrogens (tertiary/aromatic N) is 2. The van der Waals surface area contributed by atoms with Gasteiger partial charge in [0.15, 0.2) is 0 Å². The summed E-state index contributed by atoms with van der Waals surface area (Å²) in [5.74, 6) is 2.09. The van der Waals surface area contributed by atoms with Crippen LogP contribution in [0.15, 0.2) is 4.99 Å². The van der Waals surface area contributed by atoms with Gasteiger partial charge in [0.25, 0.3) is 0 Å². The summed E-state index contributed by atoms with van der Waals surface area (Å²) < 4.78 is 0. The average molecular weight is 167 g/mol. The molecular weight excluding hydrogens is 150 g/mol. The van der Waals surface area contributed by atoms with E-state index in [0.29, 0.717) is 0 Å². The lowest BCUT2D eigenvalue weighted by Crippen LogP contribution is -2.37. The lowest BCUT2D eigenvalue weighted by molar-refractivity contribution is 0.419. The molecule has 0 aromatic carbocycles. The Bertz CT molecular complexity index is 182. The van der Waals surface area contributed by atoms with E-state index in [-0.39, 0.29) is 0 Å². The molecule has 2 rings (SSSR count). The lowest BCUT2D eigenvalue weighted by Gasteiger charge is -2.26. The highest BCUT2D eigenvalue weighted by molar-refractivity contribution is 5.85. The maximum Gasteiger partial charge on any atom is 0.102 e. The quantitative estimate of drug-likeness (QED) is 0.609. The third kappa shape index (κ3) is 1.46. The molecule has 0 aromatic rings. The van der Waals surface area contributed by atoms with Crippen molar-refractivity contribution in [2.45, 2.75) is 12.8 Å². The summed E-state index contributed by atoms with van der Waals surface area (Å²) >= 11 is 0. The molecule has 1 saturated heterocycles. The Hall–Kier alpha value is -0.570. The van der Waals surface area contributed by atoms with Crippen molar-refractivity contribution in [3.63, 3.8) is 0 Å². The van der Waals surface area contributed by atoms with Crippen LogP contribution in [-0.4, -0.2) is 44.0 Å². The highest BCUT2D eigenvalue weighted by Gasteiger charge is 2.24. The van der Waals surface area contributed by atoms with Crippen LogP contribution in [0.25, 0.3) is 0 Å². The number of nitrogens with one attached hydrogen (secondary N) is 1. The summed E-state index contributed by atoms with van der Waals surface area (Å²) in [6, 6.07) is 0. The maximum absolute atomic E-state index is 4.56. The van der Waals surface area contributed by atoms with E-state index in [1.165, 1.54) is 18.7 Å². The average Bonchev–Trinajstić information content (AvgIpc) is 2.53. The van der Waals surface area contributed by atoms with Crippen molar-refractivity contribution >= 4 is 5.84 Å². The van der Waals surface area contributed by atoms with Gasteiger partial charge in [-0.3, -0.25) is 4.99 Å². The van der Waals surface area contributed by atoms with Gasteiger partial charge in [0.1, 0.15) is 5.84 Å². The number of amidine groups is 1. The Balaban J connectivity index is 1.97. The van der Waals surface area contributed by atoms with Gasteiger partial charge < -0.3 is 10.2 Å².